The van der Waals surface area contributed by atoms with Crippen molar-refractivity contribution in [2.45, 2.75) is 52.0 Å². The molecule has 0 aromatic heterocycles. The highest BCUT2D eigenvalue weighted by Crippen LogP contribution is 2.24. The zero-order valence-corrected chi connectivity index (χ0v) is 9.83. The van der Waals surface area contributed by atoms with Crippen molar-refractivity contribution in [3.8, 4) is 0 Å². The van der Waals surface area contributed by atoms with Gasteiger partial charge < -0.3 is 10.4 Å². The Morgan fingerprint density at radius 3 is 2.80 bits per heavy atom. The lowest BCUT2D eigenvalue weighted by Crippen LogP contribution is -2.37. The maximum Gasteiger partial charge on any atom is 0.303 e. The molecule has 0 aromatic carbocycles. The molecule has 0 aromatic rings. The average molecular weight is 213 g/mol. The number of aliphatic carboxylic acids is 1. The maximum absolute atomic E-state index is 10.8. The quantitative estimate of drug-likeness (QED) is 0.753. The van der Waals surface area contributed by atoms with E-state index in [-0.39, 0.29) is 0 Å². The molecule has 0 unspecified atom stereocenters. The van der Waals surface area contributed by atoms with Crippen molar-refractivity contribution in [2.75, 3.05) is 6.54 Å². The van der Waals surface area contributed by atoms with Gasteiger partial charge in [-0.1, -0.05) is 20.3 Å². The van der Waals surface area contributed by atoms with Gasteiger partial charge in [0.15, 0.2) is 0 Å². The van der Waals surface area contributed by atoms with Crippen LogP contribution in [0.5, 0.6) is 0 Å². The van der Waals surface area contributed by atoms with E-state index >= 15 is 0 Å². The Morgan fingerprint density at radius 2 is 2.20 bits per heavy atom. The molecular formula is C12H23NO2. The average Bonchev–Trinajstić information content (AvgIpc) is 2.30. The summed E-state index contributed by atoms with van der Waals surface area (Å²) in [6, 6.07) is 0.406. The van der Waals surface area contributed by atoms with E-state index in [1.54, 1.807) is 0 Å². The minimum Gasteiger partial charge on any atom is -0.481 e. The first-order valence-corrected chi connectivity index (χ1v) is 6.04. The van der Waals surface area contributed by atoms with Crippen molar-refractivity contribution in [2.24, 2.45) is 11.8 Å². The predicted molar refractivity (Wildman–Crippen MR) is 60.8 cm³/mol. The standard InChI is InChI=1S/C12H23NO2/c1-9(2)7-11-10(8-12(14)15)5-3-4-6-13-11/h9-11,13H,3-8H2,1-2H3,(H,14,15)/t10-,11-/m1/s1. The highest BCUT2D eigenvalue weighted by atomic mass is 16.4. The minimum absolute atomic E-state index is 0.324. The van der Waals surface area contributed by atoms with Crippen LogP contribution in [0.25, 0.3) is 0 Å². The molecule has 3 heteroatoms. The zero-order chi connectivity index (χ0) is 11.3. The first-order valence-electron chi connectivity index (χ1n) is 6.04. The molecule has 15 heavy (non-hydrogen) atoms. The number of hydrogen-bond donors (Lipinski definition) is 2. The number of nitrogens with one attached hydrogen (secondary N) is 1. The predicted octanol–water partition coefficient (Wildman–Crippen LogP) is 2.27. The molecule has 0 aliphatic carbocycles. The molecule has 1 saturated heterocycles. The van der Waals surface area contributed by atoms with E-state index in [1.165, 1.54) is 12.8 Å². The first-order chi connectivity index (χ1) is 7.09. The van der Waals surface area contributed by atoms with Gasteiger partial charge in [-0.15, -0.1) is 0 Å². The zero-order valence-electron chi connectivity index (χ0n) is 9.83. The van der Waals surface area contributed by atoms with Gasteiger partial charge in [0.25, 0.3) is 0 Å². The summed E-state index contributed by atoms with van der Waals surface area (Å²) in [5, 5.41) is 12.4. The summed E-state index contributed by atoms with van der Waals surface area (Å²) in [5.74, 6) is 0.307. The minimum atomic E-state index is -0.655. The number of rotatable bonds is 4. The van der Waals surface area contributed by atoms with E-state index in [0.717, 1.165) is 19.4 Å². The summed E-state index contributed by atoms with van der Waals surface area (Å²) in [7, 11) is 0. The summed E-state index contributed by atoms with van der Waals surface area (Å²) >= 11 is 0. The number of hydrogen-bond acceptors (Lipinski definition) is 2. The molecule has 88 valence electrons. The molecule has 2 N–H and O–H groups in total. The van der Waals surface area contributed by atoms with Gasteiger partial charge in [0.05, 0.1) is 0 Å². The molecule has 1 fully saturated rings. The van der Waals surface area contributed by atoms with Crippen LogP contribution in [0.3, 0.4) is 0 Å². The molecule has 1 aliphatic heterocycles. The Bertz CT molecular complexity index is 204. The smallest absolute Gasteiger partial charge is 0.303 e. The highest BCUT2D eigenvalue weighted by molar-refractivity contribution is 5.67. The fourth-order valence-corrected chi connectivity index (χ4v) is 2.44. The highest BCUT2D eigenvalue weighted by Gasteiger charge is 2.25. The topological polar surface area (TPSA) is 49.3 Å². The maximum atomic E-state index is 10.8. The molecule has 0 bridgehead atoms. The van der Waals surface area contributed by atoms with Crippen LogP contribution in [0.4, 0.5) is 0 Å². The molecule has 0 saturated carbocycles. The van der Waals surface area contributed by atoms with Crippen molar-refractivity contribution in [1.82, 2.24) is 5.32 Å². The third-order valence-corrected chi connectivity index (χ3v) is 3.14. The Morgan fingerprint density at radius 1 is 1.47 bits per heavy atom. The number of carboxylic acids is 1. The molecular weight excluding hydrogens is 190 g/mol. The third kappa shape index (κ3) is 4.65. The van der Waals surface area contributed by atoms with Crippen LogP contribution in [-0.4, -0.2) is 23.7 Å². The molecule has 0 spiro atoms. The third-order valence-electron chi connectivity index (χ3n) is 3.14. The Labute approximate surface area is 92.3 Å². The van der Waals surface area contributed by atoms with Crippen LogP contribution in [0, 0.1) is 11.8 Å². The second-order valence-corrected chi connectivity index (χ2v) is 5.04. The lowest BCUT2D eigenvalue weighted by atomic mass is 9.87. The second-order valence-electron chi connectivity index (χ2n) is 5.04. The van der Waals surface area contributed by atoms with Crippen molar-refractivity contribution < 1.29 is 9.90 Å². The molecule has 1 heterocycles. The van der Waals surface area contributed by atoms with Crippen LogP contribution >= 0.6 is 0 Å². The summed E-state index contributed by atoms with van der Waals surface area (Å²) < 4.78 is 0. The Kier molecular flexibility index (Phi) is 5.09. The first kappa shape index (κ1) is 12.5. The Balaban J connectivity index is 2.54. The van der Waals surface area contributed by atoms with Crippen molar-refractivity contribution in [1.29, 1.82) is 0 Å². The van der Waals surface area contributed by atoms with Crippen molar-refractivity contribution >= 4 is 5.97 Å². The molecule has 1 aliphatic rings. The van der Waals surface area contributed by atoms with Gasteiger partial charge in [-0.2, -0.15) is 0 Å². The van der Waals surface area contributed by atoms with Crippen LogP contribution < -0.4 is 5.32 Å². The second kappa shape index (κ2) is 6.11. The lowest BCUT2D eigenvalue weighted by Gasteiger charge is -2.26. The van der Waals surface area contributed by atoms with Crippen LogP contribution in [0.1, 0.15) is 46.0 Å². The fraction of sp³-hybridized carbons (Fsp3) is 0.917. The summed E-state index contributed by atoms with van der Waals surface area (Å²) in [6.07, 6.45) is 4.84. The van der Waals surface area contributed by atoms with E-state index in [4.69, 9.17) is 5.11 Å². The van der Waals surface area contributed by atoms with Crippen LogP contribution in [0.2, 0.25) is 0 Å². The van der Waals surface area contributed by atoms with E-state index in [9.17, 15) is 4.79 Å². The summed E-state index contributed by atoms with van der Waals surface area (Å²) in [6.45, 7) is 5.45. The van der Waals surface area contributed by atoms with E-state index < -0.39 is 5.97 Å². The normalized spacial score (nSPS) is 27.7. The molecule has 1 rings (SSSR count). The van der Waals surface area contributed by atoms with Crippen LogP contribution in [0.15, 0.2) is 0 Å². The van der Waals surface area contributed by atoms with Gasteiger partial charge in [-0.05, 0) is 37.6 Å². The van der Waals surface area contributed by atoms with Crippen LogP contribution in [-0.2, 0) is 4.79 Å². The van der Waals surface area contributed by atoms with Gasteiger partial charge >= 0.3 is 5.97 Å². The van der Waals surface area contributed by atoms with Gasteiger partial charge in [0, 0.05) is 12.5 Å². The SMILES string of the molecule is CC(C)C[C@H]1NCCCC[C@@H]1CC(=O)O. The molecule has 0 amide bonds. The van der Waals surface area contributed by atoms with E-state index in [1.807, 2.05) is 0 Å². The lowest BCUT2D eigenvalue weighted by molar-refractivity contribution is -0.138. The van der Waals surface area contributed by atoms with Gasteiger partial charge in [-0.25, -0.2) is 0 Å². The van der Waals surface area contributed by atoms with Gasteiger partial charge in [0.2, 0.25) is 0 Å². The van der Waals surface area contributed by atoms with Gasteiger partial charge in [-0.3, -0.25) is 4.79 Å². The van der Waals surface area contributed by atoms with Crippen molar-refractivity contribution in [3.63, 3.8) is 0 Å². The Hall–Kier alpha value is -0.570. The largest absolute Gasteiger partial charge is 0.481 e. The fourth-order valence-electron chi connectivity index (χ4n) is 2.44. The van der Waals surface area contributed by atoms with Gasteiger partial charge in [0.1, 0.15) is 0 Å². The summed E-state index contributed by atoms with van der Waals surface area (Å²) in [4.78, 5) is 10.8. The van der Waals surface area contributed by atoms with E-state index in [0.29, 0.717) is 24.3 Å². The monoisotopic (exact) mass is 213 g/mol. The number of carbonyl (C=O) groups is 1. The molecule has 3 nitrogen and oxygen atoms in total. The molecule has 0 radical (unpaired) electrons. The summed E-state index contributed by atoms with van der Waals surface area (Å²) in [5.41, 5.74) is 0. The van der Waals surface area contributed by atoms with E-state index in [2.05, 4.69) is 19.2 Å². The number of carboxylic acid groups (broad SMARTS) is 1. The van der Waals surface area contributed by atoms with Crippen molar-refractivity contribution in [3.05, 3.63) is 0 Å². The molecule has 2 atom stereocenters.